The van der Waals surface area contributed by atoms with E-state index >= 15 is 0 Å². The summed E-state index contributed by atoms with van der Waals surface area (Å²) in [6.45, 7) is 16.5. The van der Waals surface area contributed by atoms with Gasteiger partial charge in [0.2, 0.25) is 0 Å². The molecule has 0 atom stereocenters. The number of allylic oxidation sites excluding steroid dienone is 4. The van der Waals surface area contributed by atoms with Gasteiger partial charge in [-0.3, -0.25) is 0 Å². The molecular weight excluding hydrogens is 192 g/mol. The largest absolute Gasteiger partial charge is 0.0955 e. The summed E-state index contributed by atoms with van der Waals surface area (Å²) in [7, 11) is 0. The van der Waals surface area contributed by atoms with Crippen LogP contribution in [0.3, 0.4) is 0 Å². The molecule has 0 spiro atoms. The lowest BCUT2D eigenvalue weighted by atomic mass is 9.91. The summed E-state index contributed by atoms with van der Waals surface area (Å²) >= 11 is 0. The zero-order valence-electron chi connectivity index (χ0n) is 10.7. The molecule has 1 rings (SSSR count). The normalized spacial score (nSPS) is 9.75. The minimum Gasteiger partial charge on any atom is -0.0955 e. The van der Waals surface area contributed by atoms with Crippen LogP contribution in [-0.4, -0.2) is 0 Å². The van der Waals surface area contributed by atoms with E-state index in [1.54, 1.807) is 0 Å². The smallest absolute Gasteiger partial charge is 0.0174 e. The summed E-state index contributed by atoms with van der Waals surface area (Å²) in [5.74, 6) is 0. The molecule has 0 aliphatic carbocycles. The van der Waals surface area contributed by atoms with Crippen LogP contribution in [0.25, 0.3) is 5.57 Å². The first-order valence-electron chi connectivity index (χ1n) is 5.53. The number of hydrogen-bond acceptors (Lipinski definition) is 0. The maximum absolute atomic E-state index is 4.18. The van der Waals surface area contributed by atoms with E-state index in [0.717, 1.165) is 11.1 Å². The third kappa shape index (κ3) is 2.73. The molecule has 0 saturated carbocycles. The summed E-state index contributed by atoms with van der Waals surface area (Å²) in [6, 6.07) is 8.45. The van der Waals surface area contributed by atoms with E-state index in [9.17, 15) is 0 Å². The summed E-state index contributed by atoms with van der Waals surface area (Å²) < 4.78 is 0. The molecule has 1 aromatic carbocycles. The fraction of sp³-hybridized carbons (Fsp3) is 0.250. The highest BCUT2D eigenvalue weighted by Crippen LogP contribution is 2.28. The van der Waals surface area contributed by atoms with Crippen LogP contribution < -0.4 is 0 Å². The Morgan fingerprint density at radius 3 is 1.81 bits per heavy atom. The monoisotopic (exact) mass is 212 g/mol. The first-order valence-corrected chi connectivity index (χ1v) is 5.53. The Bertz CT molecular complexity index is 437. The van der Waals surface area contributed by atoms with Crippen LogP contribution >= 0.6 is 0 Å². The highest BCUT2D eigenvalue weighted by molar-refractivity contribution is 5.82. The van der Waals surface area contributed by atoms with Crippen LogP contribution in [0.2, 0.25) is 0 Å². The number of benzene rings is 1. The fourth-order valence-electron chi connectivity index (χ4n) is 1.89. The van der Waals surface area contributed by atoms with Crippen molar-refractivity contribution in [2.75, 3.05) is 0 Å². The number of aryl methyl sites for hydroxylation is 1. The van der Waals surface area contributed by atoms with E-state index in [1.807, 2.05) is 6.92 Å². The van der Waals surface area contributed by atoms with E-state index in [0.29, 0.717) is 0 Å². The van der Waals surface area contributed by atoms with Gasteiger partial charge in [-0.1, -0.05) is 54.1 Å². The molecule has 1 aromatic rings. The minimum absolute atomic E-state index is 1.06. The average molecular weight is 212 g/mol. The minimum atomic E-state index is 1.06. The van der Waals surface area contributed by atoms with Gasteiger partial charge in [0.15, 0.2) is 0 Å². The quantitative estimate of drug-likeness (QED) is 0.624. The van der Waals surface area contributed by atoms with Gasteiger partial charge in [0.25, 0.3) is 0 Å². The van der Waals surface area contributed by atoms with E-state index in [1.165, 1.54) is 22.3 Å². The van der Waals surface area contributed by atoms with Crippen LogP contribution in [0.1, 0.15) is 31.9 Å². The predicted molar refractivity (Wildman–Crippen MR) is 73.4 cm³/mol. The molecule has 0 radical (unpaired) electrons. The third-order valence-electron chi connectivity index (χ3n) is 2.63. The van der Waals surface area contributed by atoms with Crippen LogP contribution in [0.4, 0.5) is 0 Å². The summed E-state index contributed by atoms with van der Waals surface area (Å²) in [4.78, 5) is 0. The molecule has 0 aliphatic rings. The lowest BCUT2D eigenvalue weighted by Gasteiger charge is -2.13. The van der Waals surface area contributed by atoms with Gasteiger partial charge in [0.05, 0.1) is 0 Å². The Labute approximate surface area is 99.0 Å². The Kier molecular flexibility index (Phi) is 3.89. The molecule has 84 valence electrons. The SMILES string of the molecule is C=C(C)C(C(=C)c1ccc(C)cc1)=C(C)C. The Morgan fingerprint density at radius 1 is 0.938 bits per heavy atom. The summed E-state index contributed by atoms with van der Waals surface area (Å²) in [6.07, 6.45) is 0. The Hall–Kier alpha value is -1.56. The zero-order chi connectivity index (χ0) is 12.3. The van der Waals surface area contributed by atoms with Gasteiger partial charge in [0.1, 0.15) is 0 Å². The van der Waals surface area contributed by atoms with Gasteiger partial charge < -0.3 is 0 Å². The molecule has 0 heteroatoms. The van der Waals surface area contributed by atoms with Gasteiger partial charge >= 0.3 is 0 Å². The average Bonchev–Trinajstić information content (AvgIpc) is 2.17. The van der Waals surface area contributed by atoms with Crippen molar-refractivity contribution in [2.24, 2.45) is 0 Å². The van der Waals surface area contributed by atoms with Crippen molar-refractivity contribution < 1.29 is 0 Å². The van der Waals surface area contributed by atoms with Crippen molar-refractivity contribution in [1.29, 1.82) is 0 Å². The van der Waals surface area contributed by atoms with Crippen LogP contribution in [0.5, 0.6) is 0 Å². The fourth-order valence-corrected chi connectivity index (χ4v) is 1.89. The molecular formula is C16H20. The molecule has 0 N–H and O–H groups in total. The molecule has 0 aliphatic heterocycles. The van der Waals surface area contributed by atoms with E-state index in [2.05, 4.69) is 58.2 Å². The van der Waals surface area contributed by atoms with Crippen molar-refractivity contribution in [2.45, 2.75) is 27.7 Å². The Balaban J connectivity index is 3.16. The third-order valence-corrected chi connectivity index (χ3v) is 2.63. The lowest BCUT2D eigenvalue weighted by molar-refractivity contribution is 1.29. The maximum Gasteiger partial charge on any atom is -0.0174 e. The molecule has 0 nitrogen and oxygen atoms in total. The van der Waals surface area contributed by atoms with Gasteiger partial charge in [-0.05, 0) is 44.4 Å². The van der Waals surface area contributed by atoms with Crippen LogP contribution in [0.15, 0.2) is 54.1 Å². The van der Waals surface area contributed by atoms with Crippen LogP contribution in [0, 0.1) is 6.92 Å². The first-order chi connectivity index (χ1) is 7.43. The summed E-state index contributed by atoms with van der Waals surface area (Å²) in [5.41, 5.74) is 7.02. The van der Waals surface area contributed by atoms with E-state index in [-0.39, 0.29) is 0 Å². The van der Waals surface area contributed by atoms with Crippen molar-refractivity contribution >= 4 is 5.57 Å². The van der Waals surface area contributed by atoms with Gasteiger partial charge in [0, 0.05) is 0 Å². The standard InChI is InChI=1S/C16H20/c1-11(2)16(12(3)4)14(6)15-9-7-13(5)8-10-15/h7-10H,1,6H2,2-5H3. The molecule has 0 amide bonds. The van der Waals surface area contributed by atoms with Crippen molar-refractivity contribution in [3.8, 4) is 0 Å². The molecule has 16 heavy (non-hydrogen) atoms. The molecule has 0 aromatic heterocycles. The molecule has 0 fully saturated rings. The predicted octanol–water partition coefficient (Wildman–Crippen LogP) is 4.92. The maximum atomic E-state index is 4.18. The van der Waals surface area contributed by atoms with Crippen LogP contribution in [-0.2, 0) is 0 Å². The molecule has 0 bridgehead atoms. The lowest BCUT2D eigenvalue weighted by Crippen LogP contribution is -1.92. The second-order valence-corrected chi connectivity index (χ2v) is 4.50. The zero-order valence-corrected chi connectivity index (χ0v) is 10.7. The molecule has 0 heterocycles. The first kappa shape index (κ1) is 12.5. The van der Waals surface area contributed by atoms with Gasteiger partial charge in [-0.15, -0.1) is 0 Å². The number of hydrogen-bond donors (Lipinski definition) is 0. The second kappa shape index (κ2) is 4.98. The van der Waals surface area contributed by atoms with E-state index < -0.39 is 0 Å². The van der Waals surface area contributed by atoms with Gasteiger partial charge in [-0.2, -0.15) is 0 Å². The topological polar surface area (TPSA) is 0 Å². The Morgan fingerprint density at radius 2 is 1.44 bits per heavy atom. The van der Waals surface area contributed by atoms with Crippen molar-refractivity contribution in [1.82, 2.24) is 0 Å². The molecule has 0 saturated heterocycles. The van der Waals surface area contributed by atoms with E-state index in [4.69, 9.17) is 0 Å². The highest BCUT2D eigenvalue weighted by Gasteiger charge is 2.07. The highest BCUT2D eigenvalue weighted by atomic mass is 14.1. The van der Waals surface area contributed by atoms with Crippen molar-refractivity contribution in [3.05, 3.63) is 65.3 Å². The number of rotatable bonds is 3. The van der Waals surface area contributed by atoms with Gasteiger partial charge in [-0.25, -0.2) is 0 Å². The van der Waals surface area contributed by atoms with Crippen molar-refractivity contribution in [3.63, 3.8) is 0 Å². The second-order valence-electron chi connectivity index (χ2n) is 4.50. The molecule has 0 unspecified atom stereocenters. The summed E-state index contributed by atoms with van der Waals surface area (Å²) in [5, 5.41) is 0.